The number of benzene rings is 3. The zero-order chi connectivity index (χ0) is 24.7. The Labute approximate surface area is 209 Å². The molecule has 3 aromatic carbocycles. The molecule has 5 aromatic rings. The number of aromatic nitrogens is 2. The van der Waals surface area contributed by atoms with Crippen LogP contribution in [0.3, 0.4) is 0 Å². The Morgan fingerprint density at radius 2 is 1.69 bits per heavy atom. The quantitative estimate of drug-likeness (QED) is 0.274. The Morgan fingerprint density at radius 3 is 2.34 bits per heavy atom. The Bertz CT molecular complexity index is 1610. The van der Waals surface area contributed by atoms with Gasteiger partial charge < -0.3 is 18.6 Å². The summed E-state index contributed by atoms with van der Waals surface area (Å²) in [6, 6.07) is 21.9. The van der Waals surface area contributed by atoms with Crippen LogP contribution in [0.25, 0.3) is 27.5 Å². The van der Waals surface area contributed by atoms with Gasteiger partial charge in [-0.05, 0) is 43.7 Å². The van der Waals surface area contributed by atoms with Crippen LogP contribution in [0, 0.1) is 6.92 Å². The van der Waals surface area contributed by atoms with E-state index in [1.54, 1.807) is 18.8 Å². The number of methoxy groups -OCH3 is 2. The number of halogens is 1. The summed E-state index contributed by atoms with van der Waals surface area (Å²) < 4.78 is 15.3. The Hall–Kier alpha value is -3.70. The second-order valence-corrected chi connectivity index (χ2v) is 9.02. The summed E-state index contributed by atoms with van der Waals surface area (Å²) in [4.78, 5) is 13.8. The highest BCUT2D eigenvalue weighted by Crippen LogP contribution is 2.38. The zero-order valence-corrected chi connectivity index (χ0v) is 21.0. The maximum Gasteiger partial charge on any atom is 0.260 e. The highest BCUT2D eigenvalue weighted by Gasteiger charge is 2.22. The predicted molar refractivity (Wildman–Crippen MR) is 143 cm³/mol. The van der Waals surface area contributed by atoms with E-state index in [-0.39, 0.29) is 5.56 Å². The van der Waals surface area contributed by atoms with Crippen molar-refractivity contribution in [1.82, 2.24) is 9.13 Å². The average Bonchev–Trinajstić information content (AvgIpc) is 3.24. The van der Waals surface area contributed by atoms with Crippen molar-refractivity contribution in [3.63, 3.8) is 0 Å². The fourth-order valence-electron chi connectivity index (χ4n) is 4.80. The Morgan fingerprint density at radius 1 is 0.943 bits per heavy atom. The second kappa shape index (κ2) is 9.16. The van der Waals surface area contributed by atoms with Gasteiger partial charge >= 0.3 is 0 Å². The van der Waals surface area contributed by atoms with E-state index in [0.29, 0.717) is 34.9 Å². The number of aryl methyl sites for hydroxylation is 2. The van der Waals surface area contributed by atoms with E-state index in [0.717, 1.165) is 33.4 Å². The maximum absolute atomic E-state index is 13.8. The first kappa shape index (κ1) is 23.1. The molecule has 0 bridgehead atoms. The topological polar surface area (TPSA) is 45.4 Å². The molecular weight excluding hydrogens is 460 g/mol. The predicted octanol–water partition coefficient (Wildman–Crippen LogP) is 6.54. The zero-order valence-electron chi connectivity index (χ0n) is 20.3. The van der Waals surface area contributed by atoms with Crippen molar-refractivity contribution < 1.29 is 9.47 Å². The minimum Gasteiger partial charge on any atom is -0.497 e. The van der Waals surface area contributed by atoms with Gasteiger partial charge in [0.2, 0.25) is 0 Å². The van der Waals surface area contributed by atoms with Gasteiger partial charge in [-0.2, -0.15) is 0 Å². The van der Waals surface area contributed by atoms with E-state index >= 15 is 0 Å². The molecule has 2 aromatic heterocycles. The van der Waals surface area contributed by atoms with Crippen molar-refractivity contribution in [2.45, 2.75) is 26.8 Å². The minimum absolute atomic E-state index is 0.0448. The van der Waals surface area contributed by atoms with E-state index in [9.17, 15) is 4.79 Å². The van der Waals surface area contributed by atoms with Crippen molar-refractivity contribution in [2.75, 3.05) is 14.2 Å². The molecule has 0 amide bonds. The van der Waals surface area contributed by atoms with Crippen molar-refractivity contribution in [3.05, 3.63) is 98.9 Å². The van der Waals surface area contributed by atoms with Crippen molar-refractivity contribution >= 4 is 33.4 Å². The van der Waals surface area contributed by atoms with Gasteiger partial charge in [0.25, 0.3) is 5.56 Å². The molecule has 35 heavy (non-hydrogen) atoms. The molecule has 5 rings (SSSR count). The number of ether oxygens (including phenoxy) is 2. The van der Waals surface area contributed by atoms with Crippen LogP contribution in [0.4, 0.5) is 0 Å². The van der Waals surface area contributed by atoms with Crippen LogP contribution >= 0.6 is 11.6 Å². The third kappa shape index (κ3) is 3.86. The normalized spacial score (nSPS) is 11.3. The van der Waals surface area contributed by atoms with Crippen LogP contribution in [0.5, 0.6) is 11.5 Å². The molecule has 0 N–H and O–H groups in total. The molecule has 0 aliphatic rings. The summed E-state index contributed by atoms with van der Waals surface area (Å²) in [6.45, 7) is 4.56. The molecule has 0 fully saturated rings. The van der Waals surface area contributed by atoms with Gasteiger partial charge in [-0.3, -0.25) is 4.79 Å². The van der Waals surface area contributed by atoms with Gasteiger partial charge in [0.05, 0.1) is 36.0 Å². The van der Waals surface area contributed by atoms with Crippen molar-refractivity contribution in [2.24, 2.45) is 0 Å². The minimum atomic E-state index is -0.0448. The van der Waals surface area contributed by atoms with E-state index < -0.39 is 0 Å². The third-order valence-corrected chi connectivity index (χ3v) is 6.90. The van der Waals surface area contributed by atoms with Crippen molar-refractivity contribution in [3.8, 4) is 17.2 Å². The first-order valence-corrected chi connectivity index (χ1v) is 12.0. The number of hydrogen-bond acceptors (Lipinski definition) is 3. The van der Waals surface area contributed by atoms with Gasteiger partial charge in [0.15, 0.2) is 0 Å². The number of hydrogen-bond donors (Lipinski definition) is 0. The SMILES string of the molecule is CCn1c(=O)c2cc(Cc3ccccc3Cl)n(-c3ccc(C)cc3)c2c2c(OC)cc(OC)cc21. The molecule has 6 heteroatoms. The highest BCUT2D eigenvalue weighted by atomic mass is 35.5. The van der Waals surface area contributed by atoms with Crippen LogP contribution < -0.4 is 15.0 Å². The number of rotatable bonds is 6. The van der Waals surface area contributed by atoms with Crippen molar-refractivity contribution in [1.29, 1.82) is 0 Å². The van der Waals surface area contributed by atoms with E-state index in [2.05, 4.69) is 35.8 Å². The lowest BCUT2D eigenvalue weighted by Crippen LogP contribution is -2.20. The van der Waals surface area contributed by atoms with Crippen LogP contribution in [0.2, 0.25) is 5.02 Å². The number of fused-ring (bicyclic) bond motifs is 3. The molecule has 0 spiro atoms. The lowest BCUT2D eigenvalue weighted by atomic mass is 10.1. The summed E-state index contributed by atoms with van der Waals surface area (Å²) in [5.41, 5.74) is 5.66. The van der Waals surface area contributed by atoms with E-state index in [4.69, 9.17) is 21.1 Å². The first-order chi connectivity index (χ1) is 17.0. The van der Waals surface area contributed by atoms with Crippen LogP contribution in [0.1, 0.15) is 23.7 Å². The van der Waals surface area contributed by atoms with Gasteiger partial charge in [-0.1, -0.05) is 47.5 Å². The molecule has 0 aliphatic heterocycles. The molecule has 0 saturated heterocycles. The lowest BCUT2D eigenvalue weighted by molar-refractivity contribution is 0.397. The number of pyridine rings is 1. The first-order valence-electron chi connectivity index (χ1n) is 11.6. The summed E-state index contributed by atoms with van der Waals surface area (Å²) in [5.74, 6) is 1.29. The summed E-state index contributed by atoms with van der Waals surface area (Å²) in [7, 11) is 3.26. The monoisotopic (exact) mass is 486 g/mol. The van der Waals surface area contributed by atoms with Gasteiger partial charge in [0, 0.05) is 41.5 Å². The molecule has 0 aliphatic carbocycles. The molecule has 0 unspecified atom stereocenters. The van der Waals surface area contributed by atoms with E-state index in [1.165, 1.54) is 5.56 Å². The standard InChI is InChI=1S/C29H27ClN2O3/c1-5-31-25-16-22(34-3)17-26(35-4)27(25)28-23(29(31)33)15-21(14-19-8-6-7-9-24(19)30)32(28)20-12-10-18(2)11-13-20/h6-13,15-17H,5,14H2,1-4H3. The highest BCUT2D eigenvalue weighted by molar-refractivity contribution is 6.31. The molecule has 0 saturated carbocycles. The smallest absolute Gasteiger partial charge is 0.260 e. The van der Waals surface area contributed by atoms with Crippen LogP contribution in [-0.4, -0.2) is 23.4 Å². The fourth-order valence-corrected chi connectivity index (χ4v) is 5.01. The summed E-state index contributed by atoms with van der Waals surface area (Å²) >= 11 is 6.54. The second-order valence-electron chi connectivity index (χ2n) is 8.61. The number of nitrogens with zero attached hydrogens (tertiary/aromatic N) is 2. The largest absolute Gasteiger partial charge is 0.497 e. The maximum atomic E-state index is 13.8. The lowest BCUT2D eigenvalue weighted by Gasteiger charge is -2.17. The van der Waals surface area contributed by atoms with Crippen LogP contribution in [0.15, 0.2) is 71.5 Å². The van der Waals surface area contributed by atoms with Gasteiger partial charge in [-0.25, -0.2) is 0 Å². The van der Waals surface area contributed by atoms with E-state index in [1.807, 2.05) is 49.4 Å². The summed E-state index contributed by atoms with van der Waals surface area (Å²) in [6.07, 6.45) is 0.577. The average molecular weight is 487 g/mol. The molecule has 0 radical (unpaired) electrons. The molecular formula is C29H27ClN2O3. The Balaban J connectivity index is 1.96. The molecule has 2 heterocycles. The molecule has 178 valence electrons. The fraction of sp³-hybridized carbons (Fsp3) is 0.207. The van der Waals surface area contributed by atoms with Crippen LogP contribution in [-0.2, 0) is 13.0 Å². The van der Waals surface area contributed by atoms with Gasteiger partial charge in [0.1, 0.15) is 11.5 Å². The summed E-state index contributed by atoms with van der Waals surface area (Å²) in [5, 5.41) is 2.22. The third-order valence-electron chi connectivity index (χ3n) is 6.53. The van der Waals surface area contributed by atoms with Gasteiger partial charge in [-0.15, -0.1) is 0 Å². The molecule has 0 atom stereocenters. The Kier molecular flexibility index (Phi) is 6.03. The molecule has 5 nitrogen and oxygen atoms in total.